The zero-order valence-corrected chi connectivity index (χ0v) is 15.7. The number of fused-ring (bicyclic) bond motifs is 6. The molecular formula is C24H22O4. The summed E-state index contributed by atoms with van der Waals surface area (Å²) in [6.45, 7) is 0. The fourth-order valence-corrected chi connectivity index (χ4v) is 5.20. The largest absolute Gasteiger partial charge is 0.507 e. The van der Waals surface area contributed by atoms with Crippen LogP contribution < -0.4 is 0 Å². The predicted molar refractivity (Wildman–Crippen MR) is 108 cm³/mol. The van der Waals surface area contributed by atoms with E-state index < -0.39 is 0 Å². The molecule has 4 nitrogen and oxygen atoms in total. The van der Waals surface area contributed by atoms with Crippen LogP contribution in [0.2, 0.25) is 0 Å². The van der Waals surface area contributed by atoms with E-state index in [9.17, 15) is 10.2 Å². The molecule has 142 valence electrons. The minimum atomic E-state index is 0.176. The Balaban J connectivity index is 1.76. The Labute approximate surface area is 162 Å². The molecule has 2 aliphatic rings. The third-order valence-corrected chi connectivity index (χ3v) is 6.44. The molecule has 4 heteroatoms. The fourth-order valence-electron chi connectivity index (χ4n) is 5.20. The number of furan rings is 2. The van der Waals surface area contributed by atoms with Crippen molar-refractivity contribution in [2.24, 2.45) is 0 Å². The average Bonchev–Trinajstić information content (AvgIpc) is 3.27. The molecule has 0 aliphatic heterocycles. The average molecular weight is 374 g/mol. The third-order valence-electron chi connectivity index (χ3n) is 6.44. The van der Waals surface area contributed by atoms with Crippen LogP contribution in [0.4, 0.5) is 0 Å². The van der Waals surface area contributed by atoms with E-state index in [-0.39, 0.29) is 11.5 Å². The number of phenolic OH excluding ortho intramolecular Hbond substituents is 2. The molecule has 0 unspecified atom stereocenters. The van der Waals surface area contributed by atoms with Crippen LogP contribution in [0, 0.1) is 0 Å². The maximum Gasteiger partial charge on any atom is 0.135 e. The van der Waals surface area contributed by atoms with Crippen molar-refractivity contribution in [1.29, 1.82) is 0 Å². The fraction of sp³-hybridized carbons (Fsp3) is 0.333. The summed E-state index contributed by atoms with van der Waals surface area (Å²) in [5.74, 6) is 2.40. The van der Waals surface area contributed by atoms with Gasteiger partial charge in [-0.3, -0.25) is 0 Å². The van der Waals surface area contributed by atoms with Gasteiger partial charge in [0.05, 0.1) is 0 Å². The summed E-state index contributed by atoms with van der Waals surface area (Å²) >= 11 is 0. The van der Waals surface area contributed by atoms with Gasteiger partial charge in [0, 0.05) is 45.9 Å². The van der Waals surface area contributed by atoms with E-state index in [1.807, 2.05) is 12.1 Å². The summed E-state index contributed by atoms with van der Waals surface area (Å²) in [4.78, 5) is 0. The number of aromatic hydroxyl groups is 2. The van der Waals surface area contributed by atoms with E-state index in [1.165, 1.54) is 11.1 Å². The van der Waals surface area contributed by atoms with Gasteiger partial charge in [-0.25, -0.2) is 0 Å². The number of aryl methyl sites for hydroxylation is 4. The molecule has 0 saturated carbocycles. The van der Waals surface area contributed by atoms with Crippen molar-refractivity contribution in [2.75, 3.05) is 0 Å². The zero-order chi connectivity index (χ0) is 18.8. The van der Waals surface area contributed by atoms with E-state index in [4.69, 9.17) is 8.83 Å². The van der Waals surface area contributed by atoms with Crippen molar-refractivity contribution < 1.29 is 19.0 Å². The highest BCUT2D eigenvalue weighted by Gasteiger charge is 2.28. The lowest BCUT2D eigenvalue weighted by Crippen LogP contribution is -2.00. The van der Waals surface area contributed by atoms with Crippen LogP contribution in [0.15, 0.2) is 33.1 Å². The lowest BCUT2D eigenvalue weighted by Gasteiger charge is -2.15. The molecule has 0 spiro atoms. The Hall–Kier alpha value is -2.88. The maximum atomic E-state index is 10.9. The molecule has 0 saturated heterocycles. The molecule has 6 rings (SSSR count). The van der Waals surface area contributed by atoms with Gasteiger partial charge in [0.2, 0.25) is 0 Å². The first-order chi connectivity index (χ1) is 13.7. The first-order valence-corrected chi connectivity index (χ1v) is 10.2. The molecule has 2 aliphatic carbocycles. The number of hydrogen-bond donors (Lipinski definition) is 2. The lowest BCUT2D eigenvalue weighted by molar-refractivity contribution is 0.469. The molecule has 0 atom stereocenters. The van der Waals surface area contributed by atoms with E-state index >= 15 is 0 Å². The van der Waals surface area contributed by atoms with E-state index in [1.54, 1.807) is 12.1 Å². The second-order valence-corrected chi connectivity index (χ2v) is 8.09. The van der Waals surface area contributed by atoms with Crippen LogP contribution >= 0.6 is 0 Å². The highest BCUT2D eigenvalue weighted by Crippen LogP contribution is 2.50. The van der Waals surface area contributed by atoms with Crippen molar-refractivity contribution in [2.45, 2.75) is 51.4 Å². The van der Waals surface area contributed by atoms with Gasteiger partial charge >= 0.3 is 0 Å². The van der Waals surface area contributed by atoms with E-state index in [2.05, 4.69) is 0 Å². The van der Waals surface area contributed by atoms with Crippen LogP contribution in [-0.4, -0.2) is 10.2 Å². The predicted octanol–water partition coefficient (Wildman–Crippen LogP) is 6.01. The van der Waals surface area contributed by atoms with Crippen molar-refractivity contribution >= 4 is 21.9 Å². The van der Waals surface area contributed by atoms with Crippen molar-refractivity contribution in [1.82, 2.24) is 0 Å². The molecule has 4 aromatic rings. The molecule has 0 radical (unpaired) electrons. The second kappa shape index (κ2) is 5.81. The molecule has 2 heterocycles. The molecule has 2 N–H and O–H groups in total. The lowest BCUT2D eigenvalue weighted by atomic mass is 9.87. The Bertz CT molecular complexity index is 1140. The quantitative estimate of drug-likeness (QED) is 0.428. The van der Waals surface area contributed by atoms with E-state index in [0.29, 0.717) is 11.1 Å². The maximum absolute atomic E-state index is 10.9. The van der Waals surface area contributed by atoms with Crippen LogP contribution in [0.5, 0.6) is 11.5 Å². The monoisotopic (exact) mass is 374 g/mol. The summed E-state index contributed by atoms with van der Waals surface area (Å²) in [6, 6.07) is 7.04. The highest BCUT2D eigenvalue weighted by atomic mass is 16.3. The molecule has 28 heavy (non-hydrogen) atoms. The standard InChI is InChI=1S/C24H22O4/c25-15-9-11-19-21(13-5-1-3-7-17(13)27-19)23(15)24-16(26)10-12-20-22(24)14-6-2-4-8-18(14)28-20/h9-12,25-26H,1-8H2. The topological polar surface area (TPSA) is 66.7 Å². The molecule has 0 amide bonds. The van der Waals surface area contributed by atoms with Gasteiger partial charge in [0.1, 0.15) is 34.2 Å². The number of hydrogen-bond acceptors (Lipinski definition) is 4. The second-order valence-electron chi connectivity index (χ2n) is 8.09. The molecule has 2 aromatic heterocycles. The Morgan fingerprint density at radius 1 is 0.571 bits per heavy atom. The number of rotatable bonds is 1. The molecule has 0 bridgehead atoms. The summed E-state index contributed by atoms with van der Waals surface area (Å²) < 4.78 is 12.3. The minimum absolute atomic E-state index is 0.176. The van der Waals surface area contributed by atoms with Gasteiger partial charge in [-0.15, -0.1) is 0 Å². The SMILES string of the molecule is Oc1ccc2oc3c(c2c1-c1c(O)ccc2oc4c(c12)CCCC4)CCCC3. The van der Waals surface area contributed by atoms with Gasteiger partial charge < -0.3 is 19.0 Å². The Morgan fingerprint density at radius 3 is 1.46 bits per heavy atom. The summed E-state index contributed by atoms with van der Waals surface area (Å²) in [5.41, 5.74) is 5.30. The van der Waals surface area contributed by atoms with Crippen molar-refractivity contribution in [3.8, 4) is 22.6 Å². The smallest absolute Gasteiger partial charge is 0.135 e. The van der Waals surface area contributed by atoms with Crippen LogP contribution in [0.25, 0.3) is 33.1 Å². The highest BCUT2D eigenvalue weighted by molar-refractivity contribution is 6.10. The van der Waals surface area contributed by atoms with Gasteiger partial charge in [0.25, 0.3) is 0 Å². The third kappa shape index (κ3) is 2.12. The van der Waals surface area contributed by atoms with Crippen LogP contribution in [-0.2, 0) is 25.7 Å². The van der Waals surface area contributed by atoms with Gasteiger partial charge in [-0.05, 0) is 62.8 Å². The van der Waals surface area contributed by atoms with Crippen LogP contribution in [0.1, 0.15) is 48.3 Å². The van der Waals surface area contributed by atoms with Gasteiger partial charge in [0.15, 0.2) is 0 Å². The van der Waals surface area contributed by atoms with Gasteiger partial charge in [-0.2, -0.15) is 0 Å². The summed E-state index contributed by atoms with van der Waals surface area (Å²) in [7, 11) is 0. The summed E-state index contributed by atoms with van der Waals surface area (Å²) in [6.07, 6.45) is 8.25. The Morgan fingerprint density at radius 2 is 1.00 bits per heavy atom. The normalized spacial score (nSPS) is 16.4. The first-order valence-electron chi connectivity index (χ1n) is 10.2. The summed E-state index contributed by atoms with van der Waals surface area (Å²) in [5, 5.41) is 23.7. The van der Waals surface area contributed by atoms with E-state index in [0.717, 1.165) is 84.8 Å². The number of phenols is 2. The van der Waals surface area contributed by atoms with Crippen molar-refractivity contribution in [3.05, 3.63) is 46.9 Å². The number of benzene rings is 2. The molecular weight excluding hydrogens is 352 g/mol. The molecule has 0 fully saturated rings. The van der Waals surface area contributed by atoms with Crippen molar-refractivity contribution in [3.63, 3.8) is 0 Å². The Kier molecular flexibility index (Phi) is 3.34. The van der Waals surface area contributed by atoms with Gasteiger partial charge in [-0.1, -0.05) is 0 Å². The van der Waals surface area contributed by atoms with Crippen LogP contribution in [0.3, 0.4) is 0 Å². The zero-order valence-electron chi connectivity index (χ0n) is 15.7. The minimum Gasteiger partial charge on any atom is -0.507 e. The molecule has 2 aromatic carbocycles. The first kappa shape index (κ1) is 16.1.